The summed E-state index contributed by atoms with van der Waals surface area (Å²) >= 11 is 1.67. The molecule has 0 radical (unpaired) electrons. The van der Waals surface area contributed by atoms with E-state index in [2.05, 4.69) is 47.3 Å². The molecule has 1 unspecified atom stereocenters. The van der Waals surface area contributed by atoms with E-state index < -0.39 is 0 Å². The lowest BCUT2D eigenvalue weighted by Crippen LogP contribution is -2.27. The van der Waals surface area contributed by atoms with Crippen LogP contribution in [0.4, 0.5) is 5.69 Å². The summed E-state index contributed by atoms with van der Waals surface area (Å²) in [4.78, 5) is 7.74. The zero-order valence-corrected chi connectivity index (χ0v) is 13.2. The molecular weight excluding hydrogens is 270 g/mol. The maximum absolute atomic E-state index is 4.41. The van der Waals surface area contributed by atoms with Gasteiger partial charge in [0.05, 0.1) is 30.0 Å². The van der Waals surface area contributed by atoms with Gasteiger partial charge in [-0.05, 0) is 20.0 Å². The molecule has 0 aliphatic carbocycles. The van der Waals surface area contributed by atoms with Gasteiger partial charge in [0.1, 0.15) is 0 Å². The smallest absolute Gasteiger partial charge is 0.0795 e. The minimum atomic E-state index is 0.267. The Morgan fingerprint density at radius 2 is 2.15 bits per heavy atom. The summed E-state index contributed by atoms with van der Waals surface area (Å²) in [7, 11) is 0. The quantitative estimate of drug-likeness (QED) is 0.813. The molecule has 5 nitrogen and oxygen atoms in total. The molecule has 2 aromatic heterocycles. The Labute approximate surface area is 124 Å². The summed E-state index contributed by atoms with van der Waals surface area (Å²) in [5, 5.41) is 7.86. The van der Waals surface area contributed by atoms with Crippen LogP contribution in [-0.2, 0) is 6.54 Å². The molecule has 20 heavy (non-hydrogen) atoms. The van der Waals surface area contributed by atoms with Crippen molar-refractivity contribution in [3.63, 3.8) is 0 Å². The van der Waals surface area contributed by atoms with E-state index in [-0.39, 0.29) is 6.04 Å². The van der Waals surface area contributed by atoms with Gasteiger partial charge in [-0.1, -0.05) is 13.8 Å². The summed E-state index contributed by atoms with van der Waals surface area (Å²) in [6.07, 6.45) is 5.87. The molecule has 0 spiro atoms. The number of rotatable bonds is 8. The van der Waals surface area contributed by atoms with E-state index in [1.54, 1.807) is 11.3 Å². The van der Waals surface area contributed by atoms with Crippen molar-refractivity contribution in [1.82, 2.24) is 19.7 Å². The van der Waals surface area contributed by atoms with E-state index in [1.807, 2.05) is 22.6 Å². The molecule has 2 rings (SSSR count). The molecule has 6 heteroatoms. The molecule has 0 aromatic carbocycles. The van der Waals surface area contributed by atoms with Crippen LogP contribution in [0.5, 0.6) is 0 Å². The van der Waals surface area contributed by atoms with Crippen molar-refractivity contribution in [3.05, 3.63) is 29.0 Å². The van der Waals surface area contributed by atoms with Crippen molar-refractivity contribution < 1.29 is 0 Å². The van der Waals surface area contributed by atoms with E-state index in [0.29, 0.717) is 0 Å². The average Bonchev–Trinajstić information content (AvgIpc) is 3.11. The van der Waals surface area contributed by atoms with Crippen molar-refractivity contribution in [2.75, 3.05) is 25.0 Å². The van der Waals surface area contributed by atoms with Gasteiger partial charge in [0.2, 0.25) is 0 Å². The van der Waals surface area contributed by atoms with Crippen LogP contribution >= 0.6 is 11.3 Å². The lowest BCUT2D eigenvalue weighted by molar-refractivity contribution is 0.285. The normalized spacial score (nSPS) is 12.8. The van der Waals surface area contributed by atoms with Gasteiger partial charge in [-0.2, -0.15) is 5.10 Å². The molecule has 0 fully saturated rings. The molecule has 2 aromatic rings. The standard InChI is InChI=1S/C14H23N5S/c1-4-18(5-2)6-7-19-10-13(8-16-19)17-12(3)14-9-15-11-20-14/h8-12,17H,4-7H2,1-3H3. The minimum Gasteiger partial charge on any atom is -0.375 e. The minimum absolute atomic E-state index is 0.267. The Morgan fingerprint density at radius 1 is 1.35 bits per heavy atom. The van der Waals surface area contributed by atoms with Crippen molar-refractivity contribution in [2.45, 2.75) is 33.4 Å². The number of likely N-dealkylation sites (N-methyl/N-ethyl adjacent to an activating group) is 1. The summed E-state index contributed by atoms with van der Waals surface area (Å²) in [6.45, 7) is 10.7. The van der Waals surface area contributed by atoms with Crippen LogP contribution in [0.3, 0.4) is 0 Å². The third kappa shape index (κ3) is 4.05. The first kappa shape index (κ1) is 15.0. The maximum atomic E-state index is 4.41. The number of aromatic nitrogens is 3. The van der Waals surface area contributed by atoms with Gasteiger partial charge in [-0.25, -0.2) is 0 Å². The zero-order valence-electron chi connectivity index (χ0n) is 12.4. The average molecular weight is 293 g/mol. The summed E-state index contributed by atoms with van der Waals surface area (Å²) in [6, 6.07) is 0.267. The third-order valence-corrected chi connectivity index (χ3v) is 4.39. The summed E-state index contributed by atoms with van der Waals surface area (Å²) in [5.41, 5.74) is 2.92. The highest BCUT2D eigenvalue weighted by molar-refractivity contribution is 7.09. The van der Waals surface area contributed by atoms with Crippen molar-refractivity contribution in [1.29, 1.82) is 0 Å². The van der Waals surface area contributed by atoms with Crippen LogP contribution < -0.4 is 5.32 Å². The highest BCUT2D eigenvalue weighted by atomic mass is 32.1. The van der Waals surface area contributed by atoms with Crippen LogP contribution in [-0.4, -0.2) is 39.3 Å². The van der Waals surface area contributed by atoms with Crippen LogP contribution in [0.1, 0.15) is 31.7 Å². The Bertz CT molecular complexity index is 489. The van der Waals surface area contributed by atoms with Gasteiger partial charge >= 0.3 is 0 Å². The molecule has 0 saturated carbocycles. The number of nitrogens with one attached hydrogen (secondary N) is 1. The first-order valence-corrected chi connectivity index (χ1v) is 8.00. The SMILES string of the molecule is CCN(CC)CCn1cc(NC(C)c2cncs2)cn1. The van der Waals surface area contributed by atoms with Crippen LogP contribution in [0.15, 0.2) is 24.1 Å². The van der Waals surface area contributed by atoms with Gasteiger partial charge in [-0.3, -0.25) is 9.67 Å². The largest absolute Gasteiger partial charge is 0.375 e. The second-order valence-electron chi connectivity index (χ2n) is 4.79. The highest BCUT2D eigenvalue weighted by Crippen LogP contribution is 2.21. The monoisotopic (exact) mass is 293 g/mol. The number of hydrogen-bond donors (Lipinski definition) is 1. The van der Waals surface area contributed by atoms with Gasteiger partial charge in [0, 0.05) is 23.8 Å². The first-order valence-electron chi connectivity index (χ1n) is 7.12. The van der Waals surface area contributed by atoms with E-state index in [1.165, 1.54) is 4.88 Å². The fraction of sp³-hybridized carbons (Fsp3) is 0.571. The van der Waals surface area contributed by atoms with E-state index in [9.17, 15) is 0 Å². The topological polar surface area (TPSA) is 46.0 Å². The lowest BCUT2D eigenvalue weighted by Gasteiger charge is -2.17. The van der Waals surface area contributed by atoms with Crippen molar-refractivity contribution in [3.8, 4) is 0 Å². The molecular formula is C14H23N5S. The number of nitrogens with zero attached hydrogens (tertiary/aromatic N) is 4. The Hall–Kier alpha value is -1.40. The molecule has 0 amide bonds. The Morgan fingerprint density at radius 3 is 2.80 bits per heavy atom. The fourth-order valence-corrected chi connectivity index (χ4v) is 2.73. The van der Waals surface area contributed by atoms with Crippen molar-refractivity contribution in [2.24, 2.45) is 0 Å². The predicted molar refractivity (Wildman–Crippen MR) is 84.2 cm³/mol. The zero-order chi connectivity index (χ0) is 14.4. The Balaban J connectivity index is 1.86. The second-order valence-corrected chi connectivity index (χ2v) is 5.71. The van der Waals surface area contributed by atoms with Gasteiger partial charge in [0.25, 0.3) is 0 Å². The van der Waals surface area contributed by atoms with Crippen LogP contribution in [0.25, 0.3) is 0 Å². The fourth-order valence-electron chi connectivity index (χ4n) is 2.10. The van der Waals surface area contributed by atoms with E-state index in [4.69, 9.17) is 0 Å². The number of thiazole rings is 1. The van der Waals surface area contributed by atoms with Gasteiger partial charge in [-0.15, -0.1) is 11.3 Å². The molecule has 2 heterocycles. The summed E-state index contributed by atoms with van der Waals surface area (Å²) < 4.78 is 2.00. The molecule has 1 atom stereocenters. The number of hydrogen-bond acceptors (Lipinski definition) is 5. The van der Waals surface area contributed by atoms with Crippen molar-refractivity contribution >= 4 is 17.0 Å². The molecule has 1 N–H and O–H groups in total. The molecule has 0 aliphatic rings. The van der Waals surface area contributed by atoms with Crippen LogP contribution in [0, 0.1) is 0 Å². The second kappa shape index (κ2) is 7.40. The molecule has 0 saturated heterocycles. The summed E-state index contributed by atoms with van der Waals surface area (Å²) in [5.74, 6) is 0. The number of anilines is 1. The lowest BCUT2D eigenvalue weighted by atomic mass is 10.3. The van der Waals surface area contributed by atoms with E-state index in [0.717, 1.165) is 31.9 Å². The highest BCUT2D eigenvalue weighted by Gasteiger charge is 2.08. The predicted octanol–water partition coefficient (Wildman–Crippen LogP) is 2.85. The maximum Gasteiger partial charge on any atom is 0.0795 e. The van der Waals surface area contributed by atoms with Gasteiger partial charge in [0.15, 0.2) is 0 Å². The van der Waals surface area contributed by atoms with Gasteiger partial charge < -0.3 is 10.2 Å². The Kier molecular flexibility index (Phi) is 5.55. The first-order chi connectivity index (χ1) is 9.72. The molecule has 0 aliphatic heterocycles. The molecule has 110 valence electrons. The van der Waals surface area contributed by atoms with Crippen LogP contribution in [0.2, 0.25) is 0 Å². The molecule has 0 bridgehead atoms. The third-order valence-electron chi connectivity index (χ3n) is 3.43. The van der Waals surface area contributed by atoms with E-state index >= 15 is 0 Å².